The van der Waals surface area contributed by atoms with Gasteiger partial charge < -0.3 is 20.3 Å². The molecule has 3 N–H and O–H groups in total. The van der Waals surface area contributed by atoms with Crippen LogP contribution in [0.4, 0.5) is 37.7 Å². The van der Waals surface area contributed by atoms with E-state index in [-0.39, 0.29) is 33.5 Å². The van der Waals surface area contributed by atoms with Crippen LogP contribution in [-0.2, 0) is 19.4 Å². The molecule has 3 aromatic carbocycles. The van der Waals surface area contributed by atoms with Crippen molar-refractivity contribution in [1.82, 2.24) is 9.88 Å². The fraction of sp³-hybridized carbons (Fsp3) is 0.185. The molecule has 4 aromatic rings. The number of fused-ring (bicyclic) bond motifs is 1. The first-order valence-corrected chi connectivity index (χ1v) is 11.4. The Morgan fingerprint density at radius 3 is 2.08 bits per heavy atom. The van der Waals surface area contributed by atoms with Crippen LogP contribution in [-0.4, -0.2) is 21.6 Å². The van der Waals surface area contributed by atoms with E-state index in [1.807, 2.05) is 0 Å². The van der Waals surface area contributed by atoms with Gasteiger partial charge in [-0.05, 0) is 61.0 Å². The molecule has 1 atom stereocenters. The Hall–Kier alpha value is -4.48. The van der Waals surface area contributed by atoms with E-state index in [4.69, 9.17) is 5.11 Å². The molecule has 1 amide bonds. The molecule has 1 heterocycles. The molecule has 6 nitrogen and oxygen atoms in total. The van der Waals surface area contributed by atoms with E-state index in [9.17, 15) is 35.9 Å². The van der Waals surface area contributed by atoms with E-state index >= 15 is 0 Å². The van der Waals surface area contributed by atoms with Crippen molar-refractivity contribution in [2.24, 2.45) is 7.05 Å². The van der Waals surface area contributed by atoms with Crippen LogP contribution in [0, 0.1) is 0 Å². The summed E-state index contributed by atoms with van der Waals surface area (Å²) in [4.78, 5) is 24.5. The van der Waals surface area contributed by atoms with E-state index in [1.165, 1.54) is 48.0 Å². The van der Waals surface area contributed by atoms with Crippen molar-refractivity contribution in [1.29, 1.82) is 0 Å². The molecule has 12 heteroatoms. The van der Waals surface area contributed by atoms with Crippen LogP contribution in [0.15, 0.2) is 66.7 Å². The second kappa shape index (κ2) is 10.0. The number of hydrogen-bond acceptors (Lipinski definition) is 3. The third-order valence-electron chi connectivity index (χ3n) is 6.21. The Bertz CT molecular complexity index is 1560. The Labute approximate surface area is 217 Å². The smallest absolute Gasteiger partial charge is 0.416 e. The molecule has 4 rings (SSSR count). The Balaban J connectivity index is 1.79. The molecule has 0 aliphatic rings. The minimum absolute atomic E-state index is 0.0200. The molecule has 204 valence electrons. The first-order valence-electron chi connectivity index (χ1n) is 11.4. The molecule has 0 fully saturated rings. The van der Waals surface area contributed by atoms with E-state index in [1.54, 1.807) is 6.92 Å². The van der Waals surface area contributed by atoms with Gasteiger partial charge in [0.2, 0.25) is 0 Å². The molecule has 0 bridgehead atoms. The molecule has 0 aliphatic heterocycles. The van der Waals surface area contributed by atoms with Crippen LogP contribution < -0.4 is 10.6 Å². The zero-order valence-corrected chi connectivity index (χ0v) is 20.4. The van der Waals surface area contributed by atoms with Crippen molar-refractivity contribution in [3.8, 4) is 0 Å². The van der Waals surface area contributed by atoms with Crippen molar-refractivity contribution in [2.75, 3.05) is 5.32 Å². The number of hydrogen-bond donors (Lipinski definition) is 3. The number of nitrogens with one attached hydrogen (secondary N) is 2. The summed E-state index contributed by atoms with van der Waals surface area (Å²) in [7, 11) is 1.45. The number of aromatic carboxylic acids is 1. The van der Waals surface area contributed by atoms with Crippen LogP contribution in [0.3, 0.4) is 0 Å². The predicted octanol–water partition coefficient (Wildman–Crippen LogP) is 7.15. The number of aromatic nitrogens is 1. The van der Waals surface area contributed by atoms with Crippen molar-refractivity contribution in [2.45, 2.75) is 25.3 Å². The molecule has 1 unspecified atom stereocenters. The van der Waals surface area contributed by atoms with Gasteiger partial charge in [0, 0.05) is 18.1 Å². The topological polar surface area (TPSA) is 83.4 Å². The third kappa shape index (κ3) is 5.69. The van der Waals surface area contributed by atoms with Crippen LogP contribution in [0.25, 0.3) is 10.9 Å². The standard InChI is InChI=1S/C27H21F6N3O3/c1-14(15-6-8-16(9-7-15)25(38)39)34-24(37)23-22(35-19-5-3-4-17(12-19)26(28,29)30)20-13-18(27(31,32)33)10-11-21(20)36(23)2/h3-14,35H,1-2H3,(H,34,37)(H,38,39). The summed E-state index contributed by atoms with van der Waals surface area (Å²) in [5.41, 5.74) is -1.45. The molecule has 0 spiro atoms. The second-order valence-electron chi connectivity index (χ2n) is 8.84. The summed E-state index contributed by atoms with van der Waals surface area (Å²) in [5, 5.41) is 14.5. The summed E-state index contributed by atoms with van der Waals surface area (Å²) >= 11 is 0. The number of carbonyl (C=O) groups excluding carboxylic acids is 1. The minimum atomic E-state index is -4.70. The lowest BCUT2D eigenvalue weighted by Gasteiger charge is -2.17. The number of carboxylic acids is 1. The highest BCUT2D eigenvalue weighted by Gasteiger charge is 2.33. The quantitative estimate of drug-likeness (QED) is 0.223. The van der Waals surface area contributed by atoms with Gasteiger partial charge in [-0.1, -0.05) is 18.2 Å². The van der Waals surface area contributed by atoms with Gasteiger partial charge in [-0.15, -0.1) is 0 Å². The fourth-order valence-electron chi connectivity index (χ4n) is 4.19. The fourth-order valence-corrected chi connectivity index (χ4v) is 4.19. The first kappa shape index (κ1) is 27.6. The lowest BCUT2D eigenvalue weighted by atomic mass is 10.1. The van der Waals surface area contributed by atoms with E-state index in [0.717, 1.165) is 30.3 Å². The monoisotopic (exact) mass is 549 g/mol. The van der Waals surface area contributed by atoms with Gasteiger partial charge in [-0.25, -0.2) is 4.79 Å². The van der Waals surface area contributed by atoms with E-state index < -0.39 is 41.4 Å². The van der Waals surface area contributed by atoms with Crippen molar-refractivity contribution in [3.63, 3.8) is 0 Å². The number of aryl methyl sites for hydroxylation is 1. The zero-order valence-electron chi connectivity index (χ0n) is 20.4. The normalized spacial score (nSPS) is 12.8. The Morgan fingerprint density at radius 1 is 0.872 bits per heavy atom. The van der Waals surface area contributed by atoms with Gasteiger partial charge in [0.05, 0.1) is 33.9 Å². The Kier molecular flexibility index (Phi) is 7.07. The minimum Gasteiger partial charge on any atom is -0.478 e. The molecule has 0 saturated heterocycles. The second-order valence-corrected chi connectivity index (χ2v) is 8.84. The third-order valence-corrected chi connectivity index (χ3v) is 6.21. The van der Waals surface area contributed by atoms with Crippen molar-refractivity contribution >= 4 is 34.2 Å². The average molecular weight is 549 g/mol. The van der Waals surface area contributed by atoms with Gasteiger partial charge in [0.15, 0.2) is 0 Å². The molecule has 0 saturated carbocycles. The maximum absolute atomic E-state index is 13.5. The number of carbonyl (C=O) groups is 2. The first-order chi connectivity index (χ1) is 18.2. The van der Waals surface area contributed by atoms with Crippen LogP contribution in [0.5, 0.6) is 0 Å². The number of anilines is 2. The molecule has 1 aromatic heterocycles. The maximum Gasteiger partial charge on any atom is 0.416 e. The van der Waals surface area contributed by atoms with Crippen molar-refractivity contribution in [3.05, 3.63) is 94.7 Å². The molecule has 0 radical (unpaired) electrons. The number of nitrogens with zero attached hydrogens (tertiary/aromatic N) is 1. The lowest BCUT2D eigenvalue weighted by molar-refractivity contribution is -0.138. The number of halogens is 6. The molecule has 39 heavy (non-hydrogen) atoms. The van der Waals surface area contributed by atoms with Gasteiger partial charge in [-0.2, -0.15) is 26.3 Å². The van der Waals surface area contributed by atoms with Crippen LogP contribution in [0.2, 0.25) is 0 Å². The van der Waals surface area contributed by atoms with Crippen molar-refractivity contribution < 1.29 is 41.0 Å². The van der Waals surface area contributed by atoms with Crippen LogP contribution in [0.1, 0.15) is 50.5 Å². The van der Waals surface area contributed by atoms with E-state index in [2.05, 4.69) is 10.6 Å². The summed E-state index contributed by atoms with van der Waals surface area (Å²) in [6.07, 6.45) is -9.36. The average Bonchev–Trinajstić information content (AvgIpc) is 3.14. The number of carboxylic acid groups (broad SMARTS) is 1. The van der Waals surface area contributed by atoms with Crippen LogP contribution >= 0.6 is 0 Å². The highest BCUT2D eigenvalue weighted by atomic mass is 19.4. The van der Waals surface area contributed by atoms with Gasteiger partial charge in [0.25, 0.3) is 5.91 Å². The zero-order chi connectivity index (χ0) is 28.7. The Morgan fingerprint density at radius 2 is 1.49 bits per heavy atom. The number of alkyl halides is 6. The van der Waals surface area contributed by atoms with Gasteiger partial charge in [0.1, 0.15) is 5.69 Å². The summed E-state index contributed by atoms with van der Waals surface area (Å²) in [5.74, 6) is -1.84. The van der Waals surface area contributed by atoms with Gasteiger partial charge in [-0.3, -0.25) is 4.79 Å². The molecular formula is C27H21F6N3O3. The largest absolute Gasteiger partial charge is 0.478 e. The lowest BCUT2D eigenvalue weighted by Crippen LogP contribution is -2.29. The summed E-state index contributed by atoms with van der Waals surface area (Å²) in [6.45, 7) is 1.62. The number of amides is 1. The predicted molar refractivity (Wildman–Crippen MR) is 132 cm³/mol. The summed E-state index contributed by atoms with van der Waals surface area (Å²) in [6, 6.07) is 12.0. The number of benzene rings is 3. The number of rotatable bonds is 6. The summed E-state index contributed by atoms with van der Waals surface area (Å²) < 4.78 is 81.7. The molecular weight excluding hydrogens is 528 g/mol. The van der Waals surface area contributed by atoms with Gasteiger partial charge >= 0.3 is 18.3 Å². The highest BCUT2D eigenvalue weighted by molar-refractivity contribution is 6.10. The SMILES string of the molecule is CC(NC(=O)c1c(Nc2cccc(C(F)(F)F)c2)c2cc(C(F)(F)F)ccc2n1C)c1ccc(C(=O)O)cc1. The van der Waals surface area contributed by atoms with E-state index in [0.29, 0.717) is 5.56 Å². The highest BCUT2D eigenvalue weighted by Crippen LogP contribution is 2.39. The maximum atomic E-state index is 13.5. The molecule has 0 aliphatic carbocycles.